The standard InChI is InChI=1S/C15H8N2O2S3/c18-15-17-13(20)12(22-15)7-8-5-6-10(19-8)14-16-9-3-1-2-4-11(9)21-14/h1-7H,(H,17,18,20)/b12-7+. The Balaban J connectivity index is 1.68. The van der Waals surface area contributed by atoms with Gasteiger partial charge in [0.15, 0.2) is 10.8 Å². The van der Waals surface area contributed by atoms with Gasteiger partial charge in [-0.3, -0.25) is 4.79 Å². The molecule has 1 fully saturated rings. The zero-order valence-electron chi connectivity index (χ0n) is 11.0. The number of aromatic nitrogens is 1. The first-order valence-corrected chi connectivity index (χ1v) is 8.44. The molecule has 0 atom stereocenters. The van der Waals surface area contributed by atoms with E-state index in [1.54, 1.807) is 17.4 Å². The van der Waals surface area contributed by atoms with Gasteiger partial charge in [0, 0.05) is 0 Å². The van der Waals surface area contributed by atoms with Crippen LogP contribution in [0.15, 0.2) is 45.7 Å². The Bertz CT molecular complexity index is 906. The lowest BCUT2D eigenvalue weighted by molar-refractivity contribution is 0.265. The van der Waals surface area contributed by atoms with E-state index in [0.717, 1.165) is 27.0 Å². The molecule has 0 spiro atoms. The van der Waals surface area contributed by atoms with Crippen molar-refractivity contribution in [3.8, 4) is 10.8 Å². The predicted octanol–water partition coefficient (Wildman–Crippen LogP) is 4.68. The van der Waals surface area contributed by atoms with Gasteiger partial charge in [-0.05, 0) is 42.1 Å². The van der Waals surface area contributed by atoms with Gasteiger partial charge < -0.3 is 9.73 Å². The molecule has 1 amide bonds. The number of carbonyl (C=O) groups is 1. The first-order valence-electron chi connectivity index (χ1n) is 6.40. The summed E-state index contributed by atoms with van der Waals surface area (Å²) in [4.78, 5) is 17.0. The molecule has 22 heavy (non-hydrogen) atoms. The molecule has 4 nitrogen and oxygen atoms in total. The average molecular weight is 344 g/mol. The highest BCUT2D eigenvalue weighted by molar-refractivity contribution is 8.19. The molecule has 3 aromatic rings. The third-order valence-corrected chi connectivity index (χ3v) is 5.38. The summed E-state index contributed by atoms with van der Waals surface area (Å²) in [6.07, 6.45) is 1.77. The van der Waals surface area contributed by atoms with Crippen LogP contribution in [0.2, 0.25) is 0 Å². The van der Waals surface area contributed by atoms with Crippen molar-refractivity contribution in [2.24, 2.45) is 0 Å². The maximum Gasteiger partial charge on any atom is 0.289 e. The summed E-state index contributed by atoms with van der Waals surface area (Å²) in [6.45, 7) is 0. The minimum atomic E-state index is -0.158. The van der Waals surface area contributed by atoms with Crippen LogP contribution >= 0.6 is 35.3 Å². The third kappa shape index (κ3) is 2.47. The van der Waals surface area contributed by atoms with Crippen molar-refractivity contribution in [2.75, 3.05) is 0 Å². The van der Waals surface area contributed by atoms with Gasteiger partial charge in [-0.15, -0.1) is 11.3 Å². The summed E-state index contributed by atoms with van der Waals surface area (Å²) >= 11 is 7.75. The molecule has 1 aliphatic heterocycles. The molecular weight excluding hydrogens is 336 g/mol. The van der Waals surface area contributed by atoms with Gasteiger partial charge in [-0.1, -0.05) is 24.4 Å². The Hall–Kier alpha value is -1.96. The normalized spacial score (nSPS) is 16.6. The second-order valence-electron chi connectivity index (χ2n) is 4.54. The molecule has 4 rings (SSSR count). The molecule has 1 aromatic carbocycles. The highest BCUT2D eigenvalue weighted by atomic mass is 32.2. The van der Waals surface area contributed by atoms with Crippen LogP contribution in [0.1, 0.15) is 5.76 Å². The highest BCUT2D eigenvalue weighted by Crippen LogP contribution is 2.33. The van der Waals surface area contributed by atoms with Gasteiger partial charge in [0.05, 0.1) is 15.1 Å². The van der Waals surface area contributed by atoms with E-state index in [9.17, 15) is 4.79 Å². The third-order valence-electron chi connectivity index (χ3n) is 3.05. The van der Waals surface area contributed by atoms with Crippen LogP contribution in [0.5, 0.6) is 0 Å². The molecule has 108 valence electrons. The lowest BCUT2D eigenvalue weighted by Gasteiger charge is -1.92. The smallest absolute Gasteiger partial charge is 0.289 e. The first-order chi connectivity index (χ1) is 10.7. The zero-order valence-corrected chi connectivity index (χ0v) is 13.5. The van der Waals surface area contributed by atoms with Crippen LogP contribution < -0.4 is 5.32 Å². The number of carbonyl (C=O) groups excluding carboxylic acids is 1. The van der Waals surface area contributed by atoms with Crippen LogP contribution in [0.25, 0.3) is 27.1 Å². The highest BCUT2D eigenvalue weighted by Gasteiger charge is 2.22. The summed E-state index contributed by atoms with van der Waals surface area (Å²) in [6, 6.07) is 11.7. The van der Waals surface area contributed by atoms with E-state index < -0.39 is 0 Å². The van der Waals surface area contributed by atoms with E-state index in [4.69, 9.17) is 16.6 Å². The van der Waals surface area contributed by atoms with Crippen LogP contribution in [-0.2, 0) is 0 Å². The number of rotatable bonds is 2. The summed E-state index contributed by atoms with van der Waals surface area (Å²) in [5, 5.41) is 3.26. The van der Waals surface area contributed by atoms with E-state index in [0.29, 0.717) is 21.4 Å². The molecule has 1 aliphatic rings. The van der Waals surface area contributed by atoms with E-state index in [1.807, 2.05) is 36.4 Å². The van der Waals surface area contributed by atoms with Gasteiger partial charge in [-0.2, -0.15) is 0 Å². The molecule has 0 radical (unpaired) electrons. The Morgan fingerprint density at radius 3 is 2.86 bits per heavy atom. The fraction of sp³-hybridized carbons (Fsp3) is 0. The molecule has 0 unspecified atom stereocenters. The van der Waals surface area contributed by atoms with Crippen molar-refractivity contribution >= 4 is 61.8 Å². The van der Waals surface area contributed by atoms with Crippen LogP contribution in [-0.4, -0.2) is 15.2 Å². The number of fused-ring (bicyclic) bond motifs is 1. The molecule has 2 aromatic heterocycles. The number of thiocarbonyl (C=S) groups is 1. The molecule has 1 N–H and O–H groups in total. The number of hydrogen-bond donors (Lipinski definition) is 1. The lowest BCUT2D eigenvalue weighted by atomic mass is 10.3. The van der Waals surface area contributed by atoms with Gasteiger partial charge in [0.2, 0.25) is 0 Å². The zero-order chi connectivity index (χ0) is 15.1. The van der Waals surface area contributed by atoms with E-state index in [2.05, 4.69) is 10.3 Å². The van der Waals surface area contributed by atoms with Crippen molar-refractivity contribution in [1.29, 1.82) is 0 Å². The topological polar surface area (TPSA) is 55.1 Å². The molecule has 7 heteroatoms. The fourth-order valence-electron chi connectivity index (χ4n) is 2.07. The van der Waals surface area contributed by atoms with E-state index >= 15 is 0 Å². The van der Waals surface area contributed by atoms with Crippen molar-refractivity contribution < 1.29 is 9.21 Å². The van der Waals surface area contributed by atoms with Crippen LogP contribution in [0.3, 0.4) is 0 Å². The van der Waals surface area contributed by atoms with Crippen LogP contribution in [0.4, 0.5) is 4.79 Å². The fourth-order valence-corrected chi connectivity index (χ4v) is 4.01. The monoisotopic (exact) mass is 344 g/mol. The Labute approximate surface area is 139 Å². The Morgan fingerprint density at radius 2 is 2.09 bits per heavy atom. The van der Waals surface area contributed by atoms with Crippen LogP contribution in [0, 0.1) is 0 Å². The number of nitrogens with zero attached hydrogens (tertiary/aromatic N) is 1. The number of thiazole rings is 1. The van der Waals surface area contributed by atoms with Crippen molar-refractivity contribution in [3.05, 3.63) is 47.1 Å². The summed E-state index contributed by atoms with van der Waals surface area (Å²) in [7, 11) is 0. The molecule has 0 bridgehead atoms. The number of thioether (sulfide) groups is 1. The van der Waals surface area contributed by atoms with E-state index in [1.165, 1.54) is 0 Å². The minimum Gasteiger partial charge on any atom is -0.454 e. The number of nitrogens with one attached hydrogen (secondary N) is 1. The van der Waals surface area contributed by atoms with Gasteiger partial charge in [0.25, 0.3) is 5.24 Å². The second-order valence-corrected chi connectivity index (χ2v) is 6.99. The summed E-state index contributed by atoms with van der Waals surface area (Å²) in [5.41, 5.74) is 0.959. The largest absolute Gasteiger partial charge is 0.454 e. The maximum absolute atomic E-state index is 11.3. The molecule has 1 saturated heterocycles. The number of hydrogen-bond acceptors (Lipinski definition) is 6. The Morgan fingerprint density at radius 1 is 1.23 bits per heavy atom. The van der Waals surface area contributed by atoms with Crippen molar-refractivity contribution in [2.45, 2.75) is 0 Å². The SMILES string of the molecule is O=C1NC(=S)/C(=C\c2ccc(-c3nc4ccccc4s3)o2)S1. The maximum atomic E-state index is 11.3. The number of para-hydroxylation sites is 1. The molecule has 3 heterocycles. The lowest BCUT2D eigenvalue weighted by Crippen LogP contribution is -2.15. The quantitative estimate of drug-likeness (QED) is 0.540. The minimum absolute atomic E-state index is 0.158. The molecular formula is C15H8N2O2S3. The van der Waals surface area contributed by atoms with Gasteiger partial charge in [-0.25, -0.2) is 4.98 Å². The van der Waals surface area contributed by atoms with Crippen molar-refractivity contribution in [1.82, 2.24) is 10.3 Å². The molecule has 0 aliphatic carbocycles. The van der Waals surface area contributed by atoms with Gasteiger partial charge >= 0.3 is 0 Å². The second kappa shape index (κ2) is 5.35. The summed E-state index contributed by atoms with van der Waals surface area (Å²) < 4.78 is 6.93. The number of amides is 1. The Kier molecular flexibility index (Phi) is 3.33. The summed E-state index contributed by atoms with van der Waals surface area (Å²) in [5.74, 6) is 1.36. The van der Waals surface area contributed by atoms with Gasteiger partial charge in [0.1, 0.15) is 10.7 Å². The first kappa shape index (κ1) is 13.7. The average Bonchev–Trinajstić information content (AvgIpc) is 3.18. The van der Waals surface area contributed by atoms with E-state index in [-0.39, 0.29) is 5.24 Å². The predicted molar refractivity (Wildman–Crippen MR) is 94.0 cm³/mol. The van der Waals surface area contributed by atoms with Crippen molar-refractivity contribution in [3.63, 3.8) is 0 Å². The number of furan rings is 1. The number of benzene rings is 1. The molecule has 0 saturated carbocycles.